The Labute approximate surface area is 167 Å². The molecule has 0 fully saturated rings. The number of methoxy groups -OCH3 is 1. The van der Waals surface area contributed by atoms with Gasteiger partial charge in [-0.15, -0.1) is 0 Å². The number of imide groups is 1. The van der Waals surface area contributed by atoms with Crippen molar-refractivity contribution in [1.29, 1.82) is 0 Å². The molecule has 0 saturated heterocycles. The van der Waals surface area contributed by atoms with Crippen LogP contribution >= 0.6 is 0 Å². The molecule has 150 valence electrons. The van der Waals surface area contributed by atoms with Gasteiger partial charge in [-0.3, -0.25) is 14.5 Å². The average Bonchev–Trinajstić information content (AvgIpc) is 2.92. The molecule has 0 atom stereocenters. The zero-order valence-electron chi connectivity index (χ0n) is 16.3. The standard InChI is InChI=1S/C21H21N3O5/c1-12(2)11-24-18(25)16-9-8-15(10-17(16)19(24)26)23-21(28)22-14-6-4-13(5-7-14)20(27)29-3/h4-10,12H,11H2,1-3H3,(H2,22,23,28). The molecular formula is C21H21N3O5. The van der Waals surface area contributed by atoms with E-state index in [2.05, 4.69) is 15.4 Å². The van der Waals surface area contributed by atoms with Gasteiger partial charge in [0.15, 0.2) is 0 Å². The smallest absolute Gasteiger partial charge is 0.337 e. The van der Waals surface area contributed by atoms with Crippen molar-refractivity contribution in [2.45, 2.75) is 13.8 Å². The molecule has 1 aliphatic heterocycles. The molecule has 0 unspecified atom stereocenters. The molecule has 0 aliphatic carbocycles. The normalized spacial score (nSPS) is 12.8. The molecule has 8 nitrogen and oxygen atoms in total. The van der Waals surface area contributed by atoms with Crippen LogP contribution in [0.15, 0.2) is 42.5 Å². The Bertz CT molecular complexity index is 982. The summed E-state index contributed by atoms with van der Waals surface area (Å²) in [6.45, 7) is 4.20. The van der Waals surface area contributed by atoms with Gasteiger partial charge in [-0.2, -0.15) is 0 Å². The number of hydrogen-bond acceptors (Lipinski definition) is 5. The number of esters is 1. The quantitative estimate of drug-likeness (QED) is 0.597. The van der Waals surface area contributed by atoms with E-state index in [1.165, 1.54) is 36.3 Å². The van der Waals surface area contributed by atoms with E-state index < -0.39 is 12.0 Å². The lowest BCUT2D eigenvalue weighted by molar-refractivity contribution is 0.0597. The summed E-state index contributed by atoms with van der Waals surface area (Å²) in [6, 6.07) is 10.3. The summed E-state index contributed by atoms with van der Waals surface area (Å²) in [5.74, 6) is -0.988. The third-order valence-corrected chi connectivity index (χ3v) is 4.34. The number of amides is 4. The molecule has 3 rings (SSSR count). The highest BCUT2D eigenvalue weighted by molar-refractivity contribution is 6.22. The number of carbonyl (C=O) groups is 4. The Hall–Kier alpha value is -3.68. The van der Waals surface area contributed by atoms with Crippen LogP contribution in [0, 0.1) is 5.92 Å². The Balaban J connectivity index is 1.68. The van der Waals surface area contributed by atoms with Crippen LogP contribution in [-0.4, -0.2) is 42.4 Å². The maximum Gasteiger partial charge on any atom is 0.337 e. The second-order valence-corrected chi connectivity index (χ2v) is 7.02. The molecule has 0 aromatic heterocycles. The van der Waals surface area contributed by atoms with Crippen LogP contribution < -0.4 is 10.6 Å². The van der Waals surface area contributed by atoms with E-state index in [0.29, 0.717) is 29.0 Å². The van der Waals surface area contributed by atoms with E-state index in [0.717, 1.165) is 0 Å². The number of anilines is 2. The van der Waals surface area contributed by atoms with Gasteiger partial charge < -0.3 is 15.4 Å². The predicted molar refractivity (Wildman–Crippen MR) is 107 cm³/mol. The number of fused-ring (bicyclic) bond motifs is 1. The van der Waals surface area contributed by atoms with Crippen LogP contribution in [0.3, 0.4) is 0 Å². The molecule has 4 amide bonds. The van der Waals surface area contributed by atoms with E-state index >= 15 is 0 Å². The fourth-order valence-corrected chi connectivity index (χ4v) is 3.00. The fraction of sp³-hybridized carbons (Fsp3) is 0.238. The van der Waals surface area contributed by atoms with E-state index in [4.69, 9.17) is 0 Å². The molecule has 2 N–H and O–H groups in total. The third kappa shape index (κ3) is 4.26. The molecule has 0 saturated carbocycles. The van der Waals surface area contributed by atoms with Gasteiger partial charge in [0.05, 0.1) is 23.8 Å². The van der Waals surface area contributed by atoms with Gasteiger partial charge in [-0.25, -0.2) is 9.59 Å². The van der Waals surface area contributed by atoms with Crippen LogP contribution in [0.5, 0.6) is 0 Å². The summed E-state index contributed by atoms with van der Waals surface area (Å²) in [4.78, 5) is 49.8. The number of rotatable bonds is 5. The minimum Gasteiger partial charge on any atom is -0.465 e. The van der Waals surface area contributed by atoms with Crippen molar-refractivity contribution in [1.82, 2.24) is 4.90 Å². The monoisotopic (exact) mass is 395 g/mol. The number of urea groups is 1. The summed E-state index contributed by atoms with van der Waals surface area (Å²) >= 11 is 0. The molecule has 2 aromatic rings. The van der Waals surface area contributed by atoms with Gasteiger partial charge in [0.1, 0.15) is 0 Å². The minimum atomic E-state index is -0.522. The first-order chi connectivity index (χ1) is 13.8. The van der Waals surface area contributed by atoms with E-state index in [9.17, 15) is 19.2 Å². The summed E-state index contributed by atoms with van der Waals surface area (Å²) in [5.41, 5.74) is 1.84. The van der Waals surface area contributed by atoms with E-state index in [1.807, 2.05) is 13.8 Å². The minimum absolute atomic E-state index is 0.158. The first kappa shape index (κ1) is 20.1. The zero-order chi connectivity index (χ0) is 21.1. The van der Waals surface area contributed by atoms with E-state index in [-0.39, 0.29) is 23.3 Å². The Morgan fingerprint density at radius 2 is 1.52 bits per heavy atom. The summed E-state index contributed by atoms with van der Waals surface area (Å²) < 4.78 is 4.62. The molecule has 2 aromatic carbocycles. The fourth-order valence-electron chi connectivity index (χ4n) is 3.00. The van der Waals surface area contributed by atoms with Gasteiger partial charge >= 0.3 is 12.0 Å². The highest BCUT2D eigenvalue weighted by atomic mass is 16.5. The van der Waals surface area contributed by atoms with Gasteiger partial charge in [0.2, 0.25) is 0 Å². The van der Waals surface area contributed by atoms with Crippen LogP contribution in [0.4, 0.5) is 16.2 Å². The van der Waals surface area contributed by atoms with Gasteiger partial charge in [0.25, 0.3) is 11.8 Å². The first-order valence-electron chi connectivity index (χ1n) is 9.06. The number of hydrogen-bond donors (Lipinski definition) is 2. The molecule has 0 spiro atoms. The van der Waals surface area contributed by atoms with Crippen molar-refractivity contribution < 1.29 is 23.9 Å². The first-order valence-corrected chi connectivity index (χ1v) is 9.06. The lowest BCUT2D eigenvalue weighted by Crippen LogP contribution is -2.33. The maximum absolute atomic E-state index is 12.5. The van der Waals surface area contributed by atoms with Gasteiger partial charge in [-0.1, -0.05) is 13.8 Å². The van der Waals surface area contributed by atoms with Crippen molar-refractivity contribution in [3.8, 4) is 0 Å². The largest absolute Gasteiger partial charge is 0.465 e. The van der Waals surface area contributed by atoms with Gasteiger partial charge in [0, 0.05) is 17.9 Å². The number of benzene rings is 2. The molecule has 1 aliphatic rings. The maximum atomic E-state index is 12.5. The average molecular weight is 395 g/mol. The second-order valence-electron chi connectivity index (χ2n) is 7.02. The summed E-state index contributed by atoms with van der Waals surface area (Å²) in [6.07, 6.45) is 0. The zero-order valence-corrected chi connectivity index (χ0v) is 16.3. The summed E-state index contributed by atoms with van der Waals surface area (Å²) in [5, 5.41) is 5.27. The topological polar surface area (TPSA) is 105 Å². The van der Waals surface area contributed by atoms with Crippen LogP contribution in [0.1, 0.15) is 44.9 Å². The highest BCUT2D eigenvalue weighted by Crippen LogP contribution is 2.26. The molecule has 8 heteroatoms. The van der Waals surface area contributed by atoms with Crippen molar-refractivity contribution >= 4 is 35.2 Å². The Morgan fingerprint density at radius 1 is 0.931 bits per heavy atom. The molecule has 0 bridgehead atoms. The molecule has 1 heterocycles. The molecular weight excluding hydrogens is 374 g/mol. The van der Waals surface area contributed by atoms with Crippen LogP contribution in [-0.2, 0) is 4.74 Å². The van der Waals surface area contributed by atoms with Crippen molar-refractivity contribution in [2.24, 2.45) is 5.92 Å². The van der Waals surface area contributed by atoms with Crippen molar-refractivity contribution in [2.75, 3.05) is 24.3 Å². The summed E-state index contributed by atoms with van der Waals surface area (Å²) in [7, 11) is 1.29. The third-order valence-electron chi connectivity index (χ3n) is 4.34. The number of carbonyl (C=O) groups excluding carboxylic acids is 4. The van der Waals surface area contributed by atoms with Crippen molar-refractivity contribution in [3.05, 3.63) is 59.2 Å². The van der Waals surface area contributed by atoms with Gasteiger partial charge in [-0.05, 0) is 48.4 Å². The predicted octanol–water partition coefficient (Wildman–Crippen LogP) is 3.37. The lowest BCUT2D eigenvalue weighted by Gasteiger charge is -2.15. The number of ether oxygens (including phenoxy) is 1. The van der Waals surface area contributed by atoms with Crippen molar-refractivity contribution in [3.63, 3.8) is 0 Å². The van der Waals surface area contributed by atoms with Crippen LogP contribution in [0.2, 0.25) is 0 Å². The lowest BCUT2D eigenvalue weighted by atomic mass is 10.1. The molecule has 0 radical (unpaired) electrons. The second kappa shape index (κ2) is 8.14. The number of nitrogens with one attached hydrogen (secondary N) is 2. The highest BCUT2D eigenvalue weighted by Gasteiger charge is 2.35. The Morgan fingerprint density at radius 3 is 2.14 bits per heavy atom. The number of nitrogens with zero attached hydrogens (tertiary/aromatic N) is 1. The van der Waals surface area contributed by atoms with Crippen LogP contribution in [0.25, 0.3) is 0 Å². The molecule has 29 heavy (non-hydrogen) atoms. The SMILES string of the molecule is COC(=O)c1ccc(NC(=O)Nc2ccc3c(c2)C(=O)N(CC(C)C)C3=O)cc1. The van der Waals surface area contributed by atoms with E-state index in [1.54, 1.807) is 18.2 Å². The Kier molecular flexibility index (Phi) is 5.63.